The number of ether oxygens (including phenoxy) is 1. The van der Waals surface area contributed by atoms with Crippen LogP contribution < -0.4 is 39.9 Å². The summed E-state index contributed by atoms with van der Waals surface area (Å²) in [5, 5.41) is 4.38. The van der Waals surface area contributed by atoms with Crippen LogP contribution in [0.2, 0.25) is 0 Å². The fourth-order valence-corrected chi connectivity index (χ4v) is 9.81. The maximum Gasteiger partial charge on any atom is 0.311 e. The van der Waals surface area contributed by atoms with E-state index in [2.05, 4.69) is 93.6 Å². The molecule has 0 aliphatic rings. The second kappa shape index (κ2) is 12.3. The van der Waals surface area contributed by atoms with Gasteiger partial charge in [-0.1, -0.05) is 54.6 Å². The van der Waals surface area contributed by atoms with E-state index < -0.39 is 12.7 Å². The van der Waals surface area contributed by atoms with Crippen molar-refractivity contribution in [3.05, 3.63) is 89.5 Å². The van der Waals surface area contributed by atoms with Crippen molar-refractivity contribution in [2.75, 3.05) is 12.8 Å². The Morgan fingerprint density at radius 2 is 1.09 bits per heavy atom. The van der Waals surface area contributed by atoms with Gasteiger partial charge in [0, 0.05) is 0 Å². The van der Waals surface area contributed by atoms with E-state index in [4.69, 9.17) is 4.74 Å². The minimum atomic E-state index is -1.90. The molecule has 3 aromatic rings. The predicted octanol–water partition coefficient (Wildman–Crippen LogP) is 3.28. The molecular weight excluding hydrogens is 550 g/mol. The summed E-state index contributed by atoms with van der Waals surface area (Å²) in [6.45, 7) is 12.9. The number of rotatable bonds is 8. The topological polar surface area (TPSA) is 26.3 Å². The summed E-state index contributed by atoms with van der Waals surface area (Å²) >= 11 is 0. The number of halogens is 1. The lowest BCUT2D eigenvalue weighted by molar-refractivity contribution is -0.153. The molecule has 0 saturated heterocycles. The van der Waals surface area contributed by atoms with E-state index in [1.807, 2.05) is 20.8 Å². The summed E-state index contributed by atoms with van der Waals surface area (Å²) in [5.41, 5.74) is 3.57. The molecule has 0 bridgehead atoms. The Bertz CT molecular complexity index is 990. The number of hydrogen-bond donors (Lipinski definition) is 0. The Morgan fingerprint density at radius 3 is 1.44 bits per heavy atom. The van der Waals surface area contributed by atoms with E-state index in [9.17, 15) is 4.79 Å². The first-order chi connectivity index (χ1) is 15.7. The third-order valence-electron chi connectivity index (χ3n) is 6.31. The van der Waals surface area contributed by atoms with Crippen LogP contribution in [-0.4, -0.2) is 18.7 Å². The number of unbranched alkanes of at least 4 members (excludes halogenated alkanes) is 1. The highest BCUT2D eigenvalue weighted by Crippen LogP contribution is 2.57. The molecule has 3 rings (SSSR count). The number of carbonyl (C=O) groups excluding carboxylic acids is 1. The first-order valence-corrected chi connectivity index (χ1v) is 13.9. The highest BCUT2D eigenvalue weighted by Gasteiger charge is 2.47. The van der Waals surface area contributed by atoms with Crippen molar-refractivity contribution in [1.82, 2.24) is 0 Å². The third kappa shape index (κ3) is 6.29. The van der Waals surface area contributed by atoms with Crippen molar-refractivity contribution >= 4 is 29.1 Å². The van der Waals surface area contributed by atoms with Crippen molar-refractivity contribution in [2.24, 2.45) is 5.41 Å². The lowest BCUT2D eigenvalue weighted by atomic mass is 9.97. The second-order valence-corrected chi connectivity index (χ2v) is 13.5. The van der Waals surface area contributed by atoms with Crippen LogP contribution in [0.5, 0.6) is 0 Å². The van der Waals surface area contributed by atoms with E-state index in [1.165, 1.54) is 32.6 Å². The van der Waals surface area contributed by atoms with Crippen molar-refractivity contribution in [1.29, 1.82) is 0 Å². The Kier molecular flexibility index (Phi) is 10.3. The lowest BCUT2D eigenvalue weighted by Gasteiger charge is -2.31. The van der Waals surface area contributed by atoms with E-state index in [0.29, 0.717) is 6.61 Å². The Labute approximate surface area is 223 Å². The quantitative estimate of drug-likeness (QED) is 0.175. The van der Waals surface area contributed by atoms with E-state index in [-0.39, 0.29) is 29.9 Å². The fourth-order valence-electron chi connectivity index (χ4n) is 4.56. The Hall–Kier alpha value is -1.71. The average Bonchev–Trinajstić information content (AvgIpc) is 2.77. The van der Waals surface area contributed by atoms with Crippen LogP contribution in [0.1, 0.15) is 50.3 Å². The number of carbonyl (C=O) groups is 1. The first kappa shape index (κ1) is 28.5. The van der Waals surface area contributed by atoms with E-state index >= 15 is 0 Å². The van der Waals surface area contributed by atoms with Crippen molar-refractivity contribution in [3.63, 3.8) is 0 Å². The van der Waals surface area contributed by atoms with Crippen molar-refractivity contribution in [3.8, 4) is 0 Å². The maximum absolute atomic E-state index is 12.2. The zero-order chi connectivity index (χ0) is 24.1. The van der Waals surface area contributed by atoms with Gasteiger partial charge in [0.2, 0.25) is 0 Å². The van der Waals surface area contributed by atoms with Gasteiger partial charge in [-0.25, -0.2) is 0 Å². The number of benzene rings is 3. The molecule has 0 heterocycles. The van der Waals surface area contributed by atoms with Crippen LogP contribution in [0.25, 0.3) is 0 Å². The zero-order valence-corrected chi connectivity index (χ0v) is 24.5. The van der Waals surface area contributed by atoms with E-state index in [0.717, 1.165) is 19.0 Å². The summed E-state index contributed by atoms with van der Waals surface area (Å²) in [5.74, 6) is -0.125. The predicted molar refractivity (Wildman–Crippen MR) is 144 cm³/mol. The minimum Gasteiger partial charge on any atom is -1.00 e. The lowest BCUT2D eigenvalue weighted by Crippen LogP contribution is -3.00. The van der Waals surface area contributed by atoms with Crippen molar-refractivity contribution < 1.29 is 33.5 Å². The highest BCUT2D eigenvalue weighted by molar-refractivity contribution is 7.96. The largest absolute Gasteiger partial charge is 1.00 e. The van der Waals surface area contributed by atoms with Crippen LogP contribution in [0, 0.1) is 26.2 Å². The van der Waals surface area contributed by atoms with Gasteiger partial charge in [-0.05, 0) is 89.3 Å². The second-order valence-electron chi connectivity index (χ2n) is 9.99. The van der Waals surface area contributed by atoms with Crippen LogP contribution in [0.4, 0.5) is 0 Å². The molecule has 0 spiro atoms. The van der Waals surface area contributed by atoms with Gasteiger partial charge in [-0.15, -0.1) is 0 Å². The summed E-state index contributed by atoms with van der Waals surface area (Å²) < 4.78 is 5.58. The molecule has 34 heavy (non-hydrogen) atoms. The highest BCUT2D eigenvalue weighted by atomic mass is 127. The Morgan fingerprint density at radius 1 is 0.706 bits per heavy atom. The van der Waals surface area contributed by atoms with E-state index in [1.54, 1.807) is 0 Å². The third-order valence-corrected chi connectivity index (χ3v) is 11.3. The molecule has 0 amide bonds. The molecule has 3 aromatic carbocycles. The monoisotopic (exact) mass is 588 g/mol. The molecule has 0 radical (unpaired) electrons. The molecule has 0 N–H and O–H groups in total. The standard InChI is InChI=1S/C30H38O2P.HI/c1-23-15-7-10-18-26(23)33(27-19-11-8-16-24(27)2,28-20-12-9-17-25(28)3)22-14-13-21-32-29(31)30(4,5)6;/h7-12,15-20H,13-14,21-22H2,1-6H3;1H/q+1;/p-1. The van der Waals surface area contributed by atoms with Crippen LogP contribution in [0.15, 0.2) is 72.8 Å². The molecule has 4 heteroatoms. The number of aryl methyl sites for hydroxylation is 3. The normalized spacial score (nSPS) is 11.6. The van der Waals surface area contributed by atoms with Gasteiger partial charge in [-0.3, -0.25) is 4.79 Å². The summed E-state index contributed by atoms with van der Waals surface area (Å²) in [7, 11) is -1.90. The zero-order valence-electron chi connectivity index (χ0n) is 21.4. The molecule has 0 aliphatic heterocycles. The van der Waals surface area contributed by atoms with Gasteiger partial charge in [0.1, 0.15) is 23.2 Å². The molecule has 0 unspecified atom stereocenters. The molecule has 0 fully saturated rings. The fraction of sp³-hybridized carbons (Fsp3) is 0.367. The Balaban J connectivity index is 0.00000408. The van der Waals surface area contributed by atoms with Gasteiger partial charge in [0.15, 0.2) is 0 Å². The summed E-state index contributed by atoms with van der Waals surface area (Å²) in [6, 6.07) is 26.7. The first-order valence-electron chi connectivity index (χ1n) is 11.9. The van der Waals surface area contributed by atoms with Crippen LogP contribution >= 0.6 is 7.26 Å². The molecule has 182 valence electrons. The maximum atomic E-state index is 12.2. The molecule has 0 aromatic heterocycles. The molecule has 0 atom stereocenters. The van der Waals surface area contributed by atoms with Gasteiger partial charge in [-0.2, -0.15) is 0 Å². The van der Waals surface area contributed by atoms with Gasteiger partial charge in [0.25, 0.3) is 0 Å². The molecule has 2 nitrogen and oxygen atoms in total. The molecule has 0 aliphatic carbocycles. The van der Waals surface area contributed by atoms with Gasteiger partial charge in [0.05, 0.1) is 18.2 Å². The SMILES string of the molecule is Cc1ccccc1[P+](CCCCOC(=O)C(C)(C)C)(c1ccccc1C)c1ccccc1C.[I-]. The summed E-state index contributed by atoms with van der Waals surface area (Å²) in [4.78, 5) is 12.2. The minimum absolute atomic E-state index is 0. The van der Waals surface area contributed by atoms with Crippen LogP contribution in [-0.2, 0) is 9.53 Å². The smallest absolute Gasteiger partial charge is 0.311 e. The number of hydrogen-bond acceptors (Lipinski definition) is 2. The van der Waals surface area contributed by atoms with Crippen molar-refractivity contribution in [2.45, 2.75) is 54.4 Å². The average molecular weight is 589 g/mol. The van der Waals surface area contributed by atoms with Gasteiger partial charge >= 0.3 is 5.97 Å². The van der Waals surface area contributed by atoms with Crippen LogP contribution in [0.3, 0.4) is 0 Å². The number of esters is 1. The van der Waals surface area contributed by atoms with Gasteiger partial charge < -0.3 is 28.7 Å². The summed E-state index contributed by atoms with van der Waals surface area (Å²) in [6.07, 6.45) is 2.93. The molecule has 0 saturated carbocycles. The molecular formula is C30H38IO2P.